The zero-order chi connectivity index (χ0) is 13.2. The zero-order valence-electron chi connectivity index (χ0n) is 11.4. The van der Waals surface area contributed by atoms with Crippen LogP contribution in [0.2, 0.25) is 0 Å². The first-order valence-corrected chi connectivity index (χ1v) is 7.85. The fourth-order valence-corrected chi connectivity index (χ4v) is 2.53. The smallest absolute Gasteiger partial charge is 0.240 e. The molecule has 1 fully saturated rings. The third-order valence-corrected chi connectivity index (χ3v) is 4.75. The van der Waals surface area contributed by atoms with Crippen molar-refractivity contribution < 1.29 is 9.00 Å². The highest BCUT2D eigenvalue weighted by Crippen LogP contribution is 2.18. The van der Waals surface area contributed by atoms with Gasteiger partial charge in [0.1, 0.15) is 0 Å². The topological polar surface area (TPSA) is 49.4 Å². The van der Waals surface area contributed by atoms with Gasteiger partial charge in [0.2, 0.25) is 5.91 Å². The van der Waals surface area contributed by atoms with Gasteiger partial charge in [-0.2, -0.15) is 0 Å². The Morgan fingerprint density at radius 2 is 2.00 bits per heavy atom. The van der Waals surface area contributed by atoms with Gasteiger partial charge in [-0.15, -0.1) is 0 Å². The number of nitrogens with zero attached hydrogens (tertiary/aromatic N) is 1. The number of hydrogen-bond donors (Lipinski definition) is 1. The molecule has 1 aliphatic rings. The van der Waals surface area contributed by atoms with Crippen LogP contribution in [0.15, 0.2) is 0 Å². The molecule has 0 aromatic carbocycles. The van der Waals surface area contributed by atoms with Crippen molar-refractivity contribution in [1.82, 2.24) is 10.2 Å². The monoisotopic (exact) mass is 260 g/mol. The molecule has 1 rings (SSSR count). The summed E-state index contributed by atoms with van der Waals surface area (Å²) in [5.41, 5.74) is 0. The first-order valence-electron chi connectivity index (χ1n) is 6.23. The molecule has 0 radical (unpaired) electrons. The molecule has 1 heterocycles. The number of nitrogens with one attached hydrogen (secondary N) is 1. The largest absolute Gasteiger partial charge is 0.326 e. The van der Waals surface area contributed by atoms with Crippen LogP contribution in [0.1, 0.15) is 34.1 Å². The predicted octanol–water partition coefficient (Wildman–Crippen LogP) is 0.946. The fourth-order valence-electron chi connectivity index (χ4n) is 2.09. The molecular formula is C12H24N2O2S. The Labute approximate surface area is 107 Å². The summed E-state index contributed by atoms with van der Waals surface area (Å²) in [6, 6.07) is -0.0927. The van der Waals surface area contributed by atoms with Crippen LogP contribution in [0.4, 0.5) is 0 Å². The lowest BCUT2D eigenvalue weighted by Gasteiger charge is -2.28. The summed E-state index contributed by atoms with van der Waals surface area (Å²) < 4.78 is 11.3. The van der Waals surface area contributed by atoms with Crippen molar-refractivity contribution in [1.29, 1.82) is 0 Å². The van der Waals surface area contributed by atoms with Crippen LogP contribution < -0.4 is 5.32 Å². The first-order chi connectivity index (χ1) is 7.84. The van der Waals surface area contributed by atoms with Crippen LogP contribution in [-0.4, -0.2) is 45.3 Å². The number of amides is 1. The van der Waals surface area contributed by atoms with E-state index in [1.54, 1.807) is 6.26 Å². The van der Waals surface area contributed by atoms with E-state index in [4.69, 9.17) is 0 Å². The number of carbonyl (C=O) groups is 1. The summed E-state index contributed by atoms with van der Waals surface area (Å²) in [6.07, 6.45) is 2.64. The molecule has 4 unspecified atom stereocenters. The maximum atomic E-state index is 12.0. The number of hydrogen-bond acceptors (Lipinski definition) is 3. The van der Waals surface area contributed by atoms with E-state index in [1.165, 1.54) is 0 Å². The number of carbonyl (C=O) groups excluding carboxylic acids is 1. The lowest BCUT2D eigenvalue weighted by molar-refractivity contribution is -0.130. The van der Waals surface area contributed by atoms with Crippen LogP contribution in [0, 0.1) is 5.92 Å². The maximum Gasteiger partial charge on any atom is 0.240 e. The van der Waals surface area contributed by atoms with Gasteiger partial charge in [0, 0.05) is 28.9 Å². The lowest BCUT2D eigenvalue weighted by atomic mass is 10.1. The van der Waals surface area contributed by atoms with Gasteiger partial charge in [-0.1, -0.05) is 20.8 Å². The van der Waals surface area contributed by atoms with Gasteiger partial charge in [-0.05, 0) is 19.3 Å². The summed E-state index contributed by atoms with van der Waals surface area (Å²) in [6.45, 7) is 8.78. The molecule has 0 saturated carbocycles. The zero-order valence-corrected chi connectivity index (χ0v) is 12.2. The molecule has 100 valence electrons. The van der Waals surface area contributed by atoms with E-state index >= 15 is 0 Å². The van der Waals surface area contributed by atoms with Crippen LogP contribution in [0.3, 0.4) is 0 Å². The normalized spacial score (nSPS) is 28.8. The second-order valence-corrected chi connectivity index (χ2v) is 7.01. The van der Waals surface area contributed by atoms with Crippen LogP contribution >= 0.6 is 0 Å². The minimum atomic E-state index is -0.811. The van der Waals surface area contributed by atoms with Crippen molar-refractivity contribution in [3.8, 4) is 0 Å². The van der Waals surface area contributed by atoms with Gasteiger partial charge < -0.3 is 4.90 Å². The van der Waals surface area contributed by atoms with Crippen molar-refractivity contribution >= 4 is 16.7 Å². The van der Waals surface area contributed by atoms with Crippen LogP contribution in [0.25, 0.3) is 0 Å². The van der Waals surface area contributed by atoms with E-state index in [1.807, 2.05) is 18.7 Å². The molecule has 5 heteroatoms. The Bertz CT molecular complexity index is 307. The SMILES string of the molecule is CC1NC(C(C)C)N(CCC(C)S(C)=O)C1=O. The molecule has 0 spiro atoms. The molecular weight excluding hydrogens is 236 g/mol. The maximum absolute atomic E-state index is 12.0. The average molecular weight is 260 g/mol. The third kappa shape index (κ3) is 3.52. The molecule has 0 aromatic heterocycles. The molecule has 0 aliphatic carbocycles. The Hall–Kier alpha value is -0.420. The van der Waals surface area contributed by atoms with Crippen molar-refractivity contribution in [2.24, 2.45) is 5.92 Å². The summed E-state index contributed by atoms with van der Waals surface area (Å²) in [5, 5.41) is 3.45. The van der Waals surface area contributed by atoms with E-state index in [0.29, 0.717) is 12.5 Å². The average Bonchev–Trinajstić information content (AvgIpc) is 2.52. The lowest BCUT2D eigenvalue weighted by Crippen LogP contribution is -2.42. The van der Waals surface area contributed by atoms with E-state index in [2.05, 4.69) is 19.2 Å². The minimum Gasteiger partial charge on any atom is -0.326 e. The van der Waals surface area contributed by atoms with Gasteiger partial charge in [0.15, 0.2) is 0 Å². The minimum absolute atomic E-state index is 0.0927. The van der Waals surface area contributed by atoms with E-state index in [9.17, 15) is 9.00 Å². The molecule has 1 aliphatic heterocycles. The molecule has 1 amide bonds. The van der Waals surface area contributed by atoms with Crippen molar-refractivity contribution in [2.45, 2.75) is 51.6 Å². The van der Waals surface area contributed by atoms with Crippen LogP contribution in [-0.2, 0) is 15.6 Å². The van der Waals surface area contributed by atoms with Crippen molar-refractivity contribution in [3.05, 3.63) is 0 Å². The van der Waals surface area contributed by atoms with Gasteiger partial charge in [0.05, 0.1) is 12.2 Å². The predicted molar refractivity (Wildman–Crippen MR) is 71.1 cm³/mol. The Morgan fingerprint density at radius 1 is 1.41 bits per heavy atom. The molecule has 0 bridgehead atoms. The third-order valence-electron chi connectivity index (χ3n) is 3.38. The summed E-state index contributed by atoms with van der Waals surface area (Å²) >= 11 is 0. The number of rotatable bonds is 5. The van der Waals surface area contributed by atoms with E-state index < -0.39 is 10.8 Å². The van der Waals surface area contributed by atoms with Gasteiger partial charge in [0.25, 0.3) is 0 Å². The van der Waals surface area contributed by atoms with Gasteiger partial charge >= 0.3 is 0 Å². The summed E-state index contributed by atoms with van der Waals surface area (Å²) in [4.78, 5) is 13.9. The molecule has 4 atom stereocenters. The van der Waals surface area contributed by atoms with Crippen molar-refractivity contribution in [2.75, 3.05) is 12.8 Å². The first kappa shape index (κ1) is 14.6. The van der Waals surface area contributed by atoms with Crippen molar-refractivity contribution in [3.63, 3.8) is 0 Å². The summed E-state index contributed by atoms with van der Waals surface area (Å²) in [5.74, 6) is 0.559. The molecule has 17 heavy (non-hydrogen) atoms. The Balaban J connectivity index is 2.60. The highest BCUT2D eigenvalue weighted by molar-refractivity contribution is 7.84. The second kappa shape index (κ2) is 5.96. The highest BCUT2D eigenvalue weighted by Gasteiger charge is 2.37. The highest BCUT2D eigenvalue weighted by atomic mass is 32.2. The molecule has 1 N–H and O–H groups in total. The fraction of sp³-hybridized carbons (Fsp3) is 0.917. The second-order valence-electron chi connectivity index (χ2n) is 5.21. The summed E-state index contributed by atoms with van der Waals surface area (Å²) in [7, 11) is -0.811. The Kier molecular flexibility index (Phi) is 5.13. The van der Waals surface area contributed by atoms with E-state index in [0.717, 1.165) is 6.42 Å². The van der Waals surface area contributed by atoms with Gasteiger partial charge in [-0.25, -0.2) is 0 Å². The van der Waals surface area contributed by atoms with E-state index in [-0.39, 0.29) is 23.4 Å². The molecule has 0 aromatic rings. The molecule has 4 nitrogen and oxygen atoms in total. The quantitative estimate of drug-likeness (QED) is 0.800. The van der Waals surface area contributed by atoms with Crippen LogP contribution in [0.5, 0.6) is 0 Å². The molecule has 1 saturated heterocycles. The van der Waals surface area contributed by atoms with Gasteiger partial charge in [-0.3, -0.25) is 14.3 Å². The Morgan fingerprint density at radius 3 is 2.47 bits per heavy atom. The standard InChI is InChI=1S/C12H24N2O2S/c1-8(2)11-13-10(4)12(15)14(11)7-6-9(3)17(5)16/h8-11,13H,6-7H2,1-5H3.